The van der Waals surface area contributed by atoms with Crippen molar-refractivity contribution in [3.05, 3.63) is 47.5 Å². The SMILES string of the molecule is CCc1nc(N)nc(Cc2ccccc2)n1. The summed E-state index contributed by atoms with van der Waals surface area (Å²) >= 11 is 0. The third-order valence-corrected chi connectivity index (χ3v) is 2.27. The summed E-state index contributed by atoms with van der Waals surface area (Å²) in [7, 11) is 0. The maximum Gasteiger partial charge on any atom is 0.223 e. The van der Waals surface area contributed by atoms with Crippen molar-refractivity contribution in [3.8, 4) is 0 Å². The molecule has 0 aliphatic rings. The Bertz CT molecular complexity index is 468. The number of rotatable bonds is 3. The van der Waals surface area contributed by atoms with E-state index in [1.165, 1.54) is 5.56 Å². The van der Waals surface area contributed by atoms with Gasteiger partial charge in [-0.1, -0.05) is 37.3 Å². The van der Waals surface area contributed by atoms with Gasteiger partial charge in [-0.2, -0.15) is 9.97 Å². The number of aromatic nitrogens is 3. The van der Waals surface area contributed by atoms with Crippen LogP contribution in [0.2, 0.25) is 0 Å². The molecular formula is C12H14N4. The van der Waals surface area contributed by atoms with Gasteiger partial charge >= 0.3 is 0 Å². The van der Waals surface area contributed by atoms with Gasteiger partial charge in [-0.25, -0.2) is 4.98 Å². The first-order chi connectivity index (χ1) is 7.78. The highest BCUT2D eigenvalue weighted by molar-refractivity contribution is 5.22. The molecule has 0 atom stereocenters. The van der Waals surface area contributed by atoms with Crippen molar-refractivity contribution in [2.24, 2.45) is 0 Å². The molecule has 2 N–H and O–H groups in total. The second-order valence-electron chi connectivity index (χ2n) is 3.54. The molecule has 0 bridgehead atoms. The second kappa shape index (κ2) is 4.70. The van der Waals surface area contributed by atoms with Gasteiger partial charge in [-0.3, -0.25) is 0 Å². The van der Waals surface area contributed by atoms with Crippen molar-refractivity contribution < 1.29 is 0 Å². The summed E-state index contributed by atoms with van der Waals surface area (Å²) in [6, 6.07) is 10.1. The van der Waals surface area contributed by atoms with Crippen molar-refractivity contribution >= 4 is 5.95 Å². The fourth-order valence-corrected chi connectivity index (χ4v) is 1.50. The van der Waals surface area contributed by atoms with Gasteiger partial charge in [-0.15, -0.1) is 0 Å². The highest BCUT2D eigenvalue weighted by Crippen LogP contribution is 2.06. The fraction of sp³-hybridized carbons (Fsp3) is 0.250. The van der Waals surface area contributed by atoms with E-state index in [9.17, 15) is 0 Å². The number of hydrogen-bond acceptors (Lipinski definition) is 4. The normalized spacial score (nSPS) is 10.3. The van der Waals surface area contributed by atoms with Crippen molar-refractivity contribution in [1.29, 1.82) is 0 Å². The molecule has 0 saturated heterocycles. The Morgan fingerprint density at radius 1 is 1.00 bits per heavy atom. The molecular weight excluding hydrogens is 200 g/mol. The molecule has 2 rings (SSSR count). The zero-order valence-electron chi connectivity index (χ0n) is 9.22. The molecule has 0 spiro atoms. The standard InChI is InChI=1S/C12H14N4/c1-2-10-14-11(16-12(13)15-10)8-9-6-4-3-5-7-9/h3-7H,2,8H2,1H3,(H2,13,14,15,16). The third-order valence-electron chi connectivity index (χ3n) is 2.27. The molecule has 0 saturated carbocycles. The summed E-state index contributed by atoms with van der Waals surface area (Å²) in [4.78, 5) is 12.5. The second-order valence-corrected chi connectivity index (χ2v) is 3.54. The number of benzene rings is 1. The minimum atomic E-state index is 0.304. The quantitative estimate of drug-likeness (QED) is 0.843. The molecule has 82 valence electrons. The van der Waals surface area contributed by atoms with E-state index < -0.39 is 0 Å². The Morgan fingerprint density at radius 2 is 1.69 bits per heavy atom. The largest absolute Gasteiger partial charge is 0.368 e. The molecule has 4 nitrogen and oxygen atoms in total. The molecule has 0 fully saturated rings. The van der Waals surface area contributed by atoms with Crippen molar-refractivity contribution in [1.82, 2.24) is 15.0 Å². The van der Waals surface area contributed by atoms with Gasteiger partial charge < -0.3 is 5.73 Å². The van der Waals surface area contributed by atoms with Crippen molar-refractivity contribution in [2.45, 2.75) is 19.8 Å². The highest BCUT2D eigenvalue weighted by atomic mass is 15.1. The monoisotopic (exact) mass is 214 g/mol. The van der Waals surface area contributed by atoms with Gasteiger partial charge in [0, 0.05) is 12.8 Å². The molecule has 0 aliphatic heterocycles. The zero-order chi connectivity index (χ0) is 11.4. The van der Waals surface area contributed by atoms with E-state index in [4.69, 9.17) is 5.73 Å². The number of nitrogen functional groups attached to an aromatic ring is 1. The molecule has 2 aromatic rings. The maximum absolute atomic E-state index is 5.63. The van der Waals surface area contributed by atoms with Crippen LogP contribution in [0.1, 0.15) is 24.1 Å². The van der Waals surface area contributed by atoms with Crippen LogP contribution >= 0.6 is 0 Å². The summed E-state index contributed by atoms with van der Waals surface area (Å²) in [5, 5.41) is 0. The first-order valence-corrected chi connectivity index (χ1v) is 5.31. The Balaban J connectivity index is 2.24. The molecule has 1 aromatic heterocycles. The molecule has 16 heavy (non-hydrogen) atoms. The van der Waals surface area contributed by atoms with Crippen LogP contribution in [0.4, 0.5) is 5.95 Å². The average molecular weight is 214 g/mol. The summed E-state index contributed by atoms with van der Waals surface area (Å²) in [5.41, 5.74) is 6.80. The van der Waals surface area contributed by atoms with E-state index in [0.29, 0.717) is 12.4 Å². The molecule has 1 heterocycles. The van der Waals surface area contributed by atoms with Crippen LogP contribution in [0, 0.1) is 0 Å². The Hall–Kier alpha value is -1.97. The molecule has 0 amide bonds. The van der Waals surface area contributed by atoms with Crippen LogP contribution in [-0.4, -0.2) is 15.0 Å². The van der Waals surface area contributed by atoms with Crippen molar-refractivity contribution in [3.63, 3.8) is 0 Å². The fourth-order valence-electron chi connectivity index (χ4n) is 1.50. The predicted octanol–water partition coefficient (Wildman–Crippen LogP) is 1.61. The number of hydrogen-bond donors (Lipinski definition) is 1. The van der Waals surface area contributed by atoms with E-state index >= 15 is 0 Å². The van der Waals surface area contributed by atoms with E-state index in [1.807, 2.05) is 37.3 Å². The van der Waals surface area contributed by atoms with Crippen molar-refractivity contribution in [2.75, 3.05) is 5.73 Å². The molecule has 0 unspecified atom stereocenters. The number of aryl methyl sites for hydroxylation is 1. The predicted molar refractivity (Wildman–Crippen MR) is 62.9 cm³/mol. The Kier molecular flexibility index (Phi) is 3.10. The minimum Gasteiger partial charge on any atom is -0.368 e. The summed E-state index contributed by atoms with van der Waals surface area (Å²) < 4.78 is 0. The zero-order valence-corrected chi connectivity index (χ0v) is 9.22. The smallest absolute Gasteiger partial charge is 0.223 e. The Labute approximate surface area is 94.6 Å². The van der Waals surface area contributed by atoms with E-state index in [-0.39, 0.29) is 0 Å². The lowest BCUT2D eigenvalue weighted by molar-refractivity contribution is 0.846. The summed E-state index contributed by atoms with van der Waals surface area (Å²) in [6.07, 6.45) is 1.47. The summed E-state index contributed by atoms with van der Waals surface area (Å²) in [6.45, 7) is 2.00. The lowest BCUT2D eigenvalue weighted by Gasteiger charge is -2.03. The van der Waals surface area contributed by atoms with Gasteiger partial charge in [0.2, 0.25) is 5.95 Å². The van der Waals surface area contributed by atoms with Gasteiger partial charge in [0.25, 0.3) is 0 Å². The average Bonchev–Trinajstić information content (AvgIpc) is 2.29. The topological polar surface area (TPSA) is 64.7 Å². The van der Waals surface area contributed by atoms with Gasteiger partial charge in [0.15, 0.2) is 0 Å². The Morgan fingerprint density at radius 3 is 2.38 bits per heavy atom. The van der Waals surface area contributed by atoms with E-state index in [0.717, 1.165) is 18.1 Å². The van der Waals surface area contributed by atoms with Crippen LogP contribution in [-0.2, 0) is 12.8 Å². The third kappa shape index (κ3) is 2.53. The van der Waals surface area contributed by atoms with Crippen LogP contribution in [0.25, 0.3) is 0 Å². The van der Waals surface area contributed by atoms with Gasteiger partial charge in [0.1, 0.15) is 11.6 Å². The van der Waals surface area contributed by atoms with Gasteiger partial charge in [0.05, 0.1) is 0 Å². The number of nitrogens with zero attached hydrogens (tertiary/aromatic N) is 3. The highest BCUT2D eigenvalue weighted by Gasteiger charge is 2.03. The summed E-state index contributed by atoms with van der Waals surface area (Å²) in [5.74, 6) is 1.78. The first-order valence-electron chi connectivity index (χ1n) is 5.31. The molecule has 4 heteroatoms. The lowest BCUT2D eigenvalue weighted by atomic mass is 10.1. The molecule has 0 aliphatic carbocycles. The maximum atomic E-state index is 5.63. The number of nitrogens with two attached hydrogens (primary N) is 1. The molecule has 0 radical (unpaired) electrons. The van der Waals surface area contributed by atoms with Crippen LogP contribution in [0.5, 0.6) is 0 Å². The van der Waals surface area contributed by atoms with Crippen LogP contribution in [0.15, 0.2) is 30.3 Å². The van der Waals surface area contributed by atoms with Crippen LogP contribution < -0.4 is 5.73 Å². The van der Waals surface area contributed by atoms with E-state index in [1.54, 1.807) is 0 Å². The minimum absolute atomic E-state index is 0.304. The van der Waals surface area contributed by atoms with Crippen LogP contribution in [0.3, 0.4) is 0 Å². The lowest BCUT2D eigenvalue weighted by Crippen LogP contribution is -2.07. The first kappa shape index (κ1) is 10.5. The molecule has 1 aromatic carbocycles. The van der Waals surface area contributed by atoms with E-state index in [2.05, 4.69) is 15.0 Å². The van der Waals surface area contributed by atoms with Gasteiger partial charge in [-0.05, 0) is 5.56 Å². The number of anilines is 1.